The van der Waals surface area contributed by atoms with Gasteiger partial charge in [0.15, 0.2) is 0 Å². The molecule has 0 bridgehead atoms. The van der Waals surface area contributed by atoms with Crippen molar-refractivity contribution < 1.29 is 4.92 Å². The predicted molar refractivity (Wildman–Crippen MR) is 57.6 cm³/mol. The number of hydrogen-bond donors (Lipinski definition) is 1. The molecule has 1 aromatic rings. The number of thioether (sulfide) groups is 1. The summed E-state index contributed by atoms with van der Waals surface area (Å²) >= 11 is 1.57. The van der Waals surface area contributed by atoms with Gasteiger partial charge in [0.05, 0.1) is 4.92 Å². The highest BCUT2D eigenvalue weighted by molar-refractivity contribution is 7.98. The first-order valence-electron chi connectivity index (χ1n) is 4.20. The molecule has 0 heterocycles. The van der Waals surface area contributed by atoms with Gasteiger partial charge in [-0.05, 0) is 31.4 Å². The van der Waals surface area contributed by atoms with Crippen molar-refractivity contribution in [1.82, 2.24) is 0 Å². The van der Waals surface area contributed by atoms with Crippen molar-refractivity contribution in [2.75, 3.05) is 12.8 Å². The van der Waals surface area contributed by atoms with Crippen molar-refractivity contribution in [3.63, 3.8) is 0 Å². The minimum absolute atomic E-state index is 0.160. The Bertz CT molecular complexity index is 342. The predicted octanol–water partition coefficient (Wildman–Crippen LogP) is 1.82. The average molecular weight is 212 g/mol. The molecule has 0 saturated heterocycles. The molecule has 2 N–H and O–H groups in total. The number of nitro benzene ring substituents is 1. The summed E-state index contributed by atoms with van der Waals surface area (Å²) in [4.78, 5) is 11.3. The van der Waals surface area contributed by atoms with Crippen LogP contribution in [0.4, 0.5) is 5.69 Å². The molecule has 1 rings (SSSR count). The molecular formula is C9H12N2O2S. The standard InChI is InChI=1S/C9H12N2O2S/c1-14-8-2-3-9(11(12)13)7(6-8)4-5-10/h2-3,6H,4-5,10H2,1H3. The lowest BCUT2D eigenvalue weighted by molar-refractivity contribution is -0.385. The second-order valence-corrected chi connectivity index (χ2v) is 3.67. The Morgan fingerprint density at radius 3 is 2.79 bits per heavy atom. The highest BCUT2D eigenvalue weighted by Gasteiger charge is 2.12. The van der Waals surface area contributed by atoms with Gasteiger partial charge in [0, 0.05) is 16.5 Å². The van der Waals surface area contributed by atoms with Gasteiger partial charge in [-0.2, -0.15) is 0 Å². The first-order valence-corrected chi connectivity index (χ1v) is 5.43. The molecule has 0 fully saturated rings. The summed E-state index contributed by atoms with van der Waals surface area (Å²) in [6, 6.07) is 5.12. The van der Waals surface area contributed by atoms with Crippen molar-refractivity contribution in [3.8, 4) is 0 Å². The Morgan fingerprint density at radius 1 is 1.57 bits per heavy atom. The van der Waals surface area contributed by atoms with E-state index in [1.54, 1.807) is 17.8 Å². The first kappa shape index (κ1) is 11.0. The highest BCUT2D eigenvalue weighted by atomic mass is 32.2. The van der Waals surface area contributed by atoms with E-state index in [1.165, 1.54) is 6.07 Å². The monoisotopic (exact) mass is 212 g/mol. The maximum Gasteiger partial charge on any atom is 0.272 e. The van der Waals surface area contributed by atoms with Gasteiger partial charge in [0.2, 0.25) is 0 Å². The molecule has 0 aliphatic rings. The van der Waals surface area contributed by atoms with Gasteiger partial charge in [-0.1, -0.05) is 0 Å². The quantitative estimate of drug-likeness (QED) is 0.469. The van der Waals surface area contributed by atoms with Crippen LogP contribution in [0.1, 0.15) is 5.56 Å². The SMILES string of the molecule is CSc1ccc([N+](=O)[O-])c(CCN)c1. The number of rotatable bonds is 4. The Hall–Kier alpha value is -1.07. The lowest BCUT2D eigenvalue weighted by Gasteiger charge is -2.03. The van der Waals surface area contributed by atoms with Crippen molar-refractivity contribution in [2.24, 2.45) is 5.73 Å². The molecule has 0 saturated carbocycles. The maximum atomic E-state index is 10.7. The second kappa shape index (κ2) is 4.97. The van der Waals surface area contributed by atoms with E-state index >= 15 is 0 Å². The summed E-state index contributed by atoms with van der Waals surface area (Å²) in [5.74, 6) is 0. The zero-order chi connectivity index (χ0) is 10.6. The summed E-state index contributed by atoms with van der Waals surface area (Å²) < 4.78 is 0. The van der Waals surface area contributed by atoms with E-state index in [1.807, 2.05) is 12.3 Å². The molecule has 0 aromatic heterocycles. The number of benzene rings is 1. The summed E-state index contributed by atoms with van der Waals surface area (Å²) in [6.45, 7) is 0.429. The zero-order valence-electron chi connectivity index (χ0n) is 7.90. The molecule has 0 radical (unpaired) electrons. The minimum Gasteiger partial charge on any atom is -0.330 e. The van der Waals surface area contributed by atoms with Crippen molar-refractivity contribution in [3.05, 3.63) is 33.9 Å². The third-order valence-electron chi connectivity index (χ3n) is 1.90. The second-order valence-electron chi connectivity index (χ2n) is 2.79. The molecular weight excluding hydrogens is 200 g/mol. The van der Waals surface area contributed by atoms with Crippen LogP contribution >= 0.6 is 11.8 Å². The molecule has 0 spiro atoms. The van der Waals surface area contributed by atoms with Crippen LogP contribution in [0.15, 0.2) is 23.1 Å². The van der Waals surface area contributed by atoms with E-state index in [9.17, 15) is 10.1 Å². The smallest absolute Gasteiger partial charge is 0.272 e. The van der Waals surface area contributed by atoms with Gasteiger partial charge >= 0.3 is 0 Å². The molecule has 0 aliphatic carbocycles. The third-order valence-corrected chi connectivity index (χ3v) is 2.62. The first-order chi connectivity index (χ1) is 6.69. The van der Waals surface area contributed by atoms with E-state index in [0.29, 0.717) is 18.5 Å². The molecule has 0 atom stereocenters. The molecule has 14 heavy (non-hydrogen) atoms. The zero-order valence-corrected chi connectivity index (χ0v) is 8.71. The van der Waals surface area contributed by atoms with Crippen LogP contribution in [0.3, 0.4) is 0 Å². The van der Waals surface area contributed by atoms with Crippen LogP contribution in [0.25, 0.3) is 0 Å². The number of hydrogen-bond acceptors (Lipinski definition) is 4. The van der Waals surface area contributed by atoms with Crippen LogP contribution in [0, 0.1) is 10.1 Å². The van der Waals surface area contributed by atoms with E-state index in [4.69, 9.17) is 5.73 Å². The Labute approximate surface area is 86.6 Å². The molecule has 0 unspecified atom stereocenters. The van der Waals surface area contributed by atoms with E-state index in [-0.39, 0.29) is 10.6 Å². The van der Waals surface area contributed by atoms with Crippen molar-refractivity contribution >= 4 is 17.4 Å². The summed E-state index contributed by atoms with van der Waals surface area (Å²) in [7, 11) is 0. The minimum atomic E-state index is -0.366. The summed E-state index contributed by atoms with van der Waals surface area (Å²) in [6.07, 6.45) is 2.48. The highest BCUT2D eigenvalue weighted by Crippen LogP contribution is 2.24. The molecule has 0 aliphatic heterocycles. The van der Waals surface area contributed by atoms with Crippen molar-refractivity contribution in [1.29, 1.82) is 0 Å². The fraction of sp³-hybridized carbons (Fsp3) is 0.333. The van der Waals surface area contributed by atoms with Gasteiger partial charge in [-0.25, -0.2) is 0 Å². The fourth-order valence-electron chi connectivity index (χ4n) is 1.22. The van der Waals surface area contributed by atoms with Crippen LogP contribution in [0.2, 0.25) is 0 Å². The third kappa shape index (κ3) is 2.46. The fourth-order valence-corrected chi connectivity index (χ4v) is 1.69. The normalized spacial score (nSPS) is 10.1. The van der Waals surface area contributed by atoms with Gasteiger partial charge in [0.1, 0.15) is 0 Å². The van der Waals surface area contributed by atoms with Crippen LogP contribution in [-0.4, -0.2) is 17.7 Å². The van der Waals surface area contributed by atoms with Crippen LogP contribution in [-0.2, 0) is 6.42 Å². The summed E-state index contributed by atoms with van der Waals surface area (Å²) in [5, 5.41) is 10.7. The van der Waals surface area contributed by atoms with Crippen LogP contribution < -0.4 is 5.73 Å². The van der Waals surface area contributed by atoms with Gasteiger partial charge < -0.3 is 5.73 Å². The molecule has 1 aromatic carbocycles. The van der Waals surface area contributed by atoms with E-state index in [2.05, 4.69) is 0 Å². The number of nitrogens with zero attached hydrogens (tertiary/aromatic N) is 1. The Kier molecular flexibility index (Phi) is 3.91. The van der Waals surface area contributed by atoms with E-state index < -0.39 is 0 Å². The lowest BCUT2D eigenvalue weighted by atomic mass is 10.1. The van der Waals surface area contributed by atoms with Gasteiger partial charge in [0.25, 0.3) is 5.69 Å². The topological polar surface area (TPSA) is 69.2 Å². The maximum absolute atomic E-state index is 10.7. The number of nitrogens with two attached hydrogens (primary N) is 1. The molecule has 4 nitrogen and oxygen atoms in total. The largest absolute Gasteiger partial charge is 0.330 e. The molecule has 76 valence electrons. The summed E-state index contributed by atoms with van der Waals surface area (Å²) in [5.41, 5.74) is 6.26. The average Bonchev–Trinajstić information content (AvgIpc) is 2.17. The van der Waals surface area contributed by atoms with E-state index in [0.717, 1.165) is 4.90 Å². The van der Waals surface area contributed by atoms with Crippen LogP contribution in [0.5, 0.6) is 0 Å². The molecule has 5 heteroatoms. The number of nitro groups is 1. The van der Waals surface area contributed by atoms with Crippen molar-refractivity contribution in [2.45, 2.75) is 11.3 Å². The lowest BCUT2D eigenvalue weighted by Crippen LogP contribution is -2.05. The molecule has 0 amide bonds. The Morgan fingerprint density at radius 2 is 2.29 bits per heavy atom. The van der Waals surface area contributed by atoms with Gasteiger partial charge in [-0.3, -0.25) is 10.1 Å². The Balaban J connectivity index is 3.10. The van der Waals surface area contributed by atoms with Gasteiger partial charge in [-0.15, -0.1) is 11.8 Å².